The number of piperidine rings is 1. The first-order chi connectivity index (χ1) is 11.7. The normalized spacial score (nSPS) is 15.4. The SMILES string of the molecule is COCC1(C(=O)Nc2cnn(Cc3ccncc3)c2)CCNCC1.Cl.Cl. The number of nitrogens with one attached hydrogen (secondary N) is 2. The maximum atomic E-state index is 12.8. The first-order valence-electron chi connectivity index (χ1n) is 8.14. The Labute approximate surface area is 165 Å². The summed E-state index contributed by atoms with van der Waals surface area (Å²) in [6.07, 6.45) is 8.59. The zero-order chi connectivity index (χ0) is 16.8. The van der Waals surface area contributed by atoms with Crippen LogP contribution in [0.15, 0.2) is 36.9 Å². The summed E-state index contributed by atoms with van der Waals surface area (Å²) >= 11 is 0. The summed E-state index contributed by atoms with van der Waals surface area (Å²) in [5.74, 6) is 0.00862. The highest BCUT2D eigenvalue weighted by molar-refractivity contribution is 5.95. The third-order valence-electron chi connectivity index (χ3n) is 4.45. The molecule has 144 valence electrons. The minimum Gasteiger partial charge on any atom is -0.384 e. The molecule has 0 atom stereocenters. The molecule has 0 radical (unpaired) electrons. The number of halogens is 2. The van der Waals surface area contributed by atoms with E-state index in [4.69, 9.17) is 4.74 Å². The first-order valence-corrected chi connectivity index (χ1v) is 8.14. The Balaban J connectivity index is 0.00000169. The Kier molecular flexibility index (Phi) is 9.01. The van der Waals surface area contributed by atoms with Crippen molar-refractivity contribution in [2.45, 2.75) is 19.4 Å². The lowest BCUT2D eigenvalue weighted by Gasteiger charge is -2.35. The van der Waals surface area contributed by atoms with Crippen LogP contribution >= 0.6 is 24.8 Å². The van der Waals surface area contributed by atoms with Crippen LogP contribution in [-0.2, 0) is 16.1 Å². The fraction of sp³-hybridized carbons (Fsp3) is 0.471. The van der Waals surface area contributed by atoms with Crippen molar-refractivity contribution in [2.75, 3.05) is 32.1 Å². The molecule has 1 aliphatic rings. The average Bonchev–Trinajstić information content (AvgIpc) is 3.04. The van der Waals surface area contributed by atoms with Crippen molar-refractivity contribution in [3.63, 3.8) is 0 Å². The van der Waals surface area contributed by atoms with Gasteiger partial charge in [0, 0.05) is 25.7 Å². The Hall–Kier alpha value is -1.67. The Morgan fingerprint density at radius 3 is 2.65 bits per heavy atom. The number of rotatable bonds is 6. The molecule has 3 rings (SSSR count). The maximum absolute atomic E-state index is 12.8. The molecule has 2 aromatic heterocycles. The third-order valence-corrected chi connectivity index (χ3v) is 4.45. The number of ether oxygens (including phenoxy) is 1. The van der Waals surface area contributed by atoms with Gasteiger partial charge in [-0.1, -0.05) is 0 Å². The summed E-state index contributed by atoms with van der Waals surface area (Å²) in [5, 5.41) is 10.6. The number of carbonyl (C=O) groups is 1. The Bertz CT molecular complexity index is 669. The second-order valence-corrected chi connectivity index (χ2v) is 6.20. The van der Waals surface area contributed by atoms with Gasteiger partial charge < -0.3 is 15.4 Å². The van der Waals surface area contributed by atoms with E-state index in [-0.39, 0.29) is 30.7 Å². The molecule has 9 heteroatoms. The molecule has 1 saturated heterocycles. The molecule has 26 heavy (non-hydrogen) atoms. The molecule has 2 N–H and O–H groups in total. The number of amides is 1. The number of anilines is 1. The van der Waals surface area contributed by atoms with E-state index >= 15 is 0 Å². The molecule has 0 aromatic carbocycles. The Morgan fingerprint density at radius 2 is 2.00 bits per heavy atom. The van der Waals surface area contributed by atoms with Crippen molar-refractivity contribution in [1.29, 1.82) is 0 Å². The number of hydrogen-bond acceptors (Lipinski definition) is 5. The van der Waals surface area contributed by atoms with Crippen LogP contribution in [0.25, 0.3) is 0 Å². The van der Waals surface area contributed by atoms with Crippen LogP contribution in [0.3, 0.4) is 0 Å². The second kappa shape index (κ2) is 10.5. The molecule has 0 aliphatic carbocycles. The van der Waals surface area contributed by atoms with Crippen molar-refractivity contribution in [3.8, 4) is 0 Å². The monoisotopic (exact) mass is 401 g/mol. The van der Waals surface area contributed by atoms with Gasteiger partial charge in [0.25, 0.3) is 0 Å². The predicted octanol–water partition coefficient (Wildman–Crippen LogP) is 2.12. The van der Waals surface area contributed by atoms with Crippen molar-refractivity contribution in [3.05, 3.63) is 42.5 Å². The minimum absolute atomic E-state index is 0. The standard InChI is InChI=1S/C17H23N5O2.2ClH/c1-24-13-17(4-8-19-9-5-17)16(23)21-15-10-20-22(12-15)11-14-2-6-18-7-3-14;;/h2-3,6-7,10,12,19H,4-5,8-9,11,13H2,1H3,(H,21,23);2*1H. The molecule has 0 spiro atoms. The number of nitrogens with zero attached hydrogens (tertiary/aromatic N) is 3. The van der Waals surface area contributed by atoms with Crippen LogP contribution in [0.1, 0.15) is 18.4 Å². The van der Waals surface area contributed by atoms with Crippen LogP contribution in [-0.4, -0.2) is 47.5 Å². The number of methoxy groups -OCH3 is 1. The molecule has 0 bridgehead atoms. The van der Waals surface area contributed by atoms with Crippen molar-refractivity contribution in [2.24, 2.45) is 5.41 Å². The molecule has 1 fully saturated rings. The zero-order valence-corrected chi connectivity index (χ0v) is 16.3. The van der Waals surface area contributed by atoms with Gasteiger partial charge in [-0.2, -0.15) is 5.10 Å². The fourth-order valence-corrected chi connectivity index (χ4v) is 3.07. The van der Waals surface area contributed by atoms with Gasteiger partial charge in [0.1, 0.15) is 0 Å². The molecule has 1 aliphatic heterocycles. The summed E-state index contributed by atoms with van der Waals surface area (Å²) in [5.41, 5.74) is 1.36. The smallest absolute Gasteiger partial charge is 0.233 e. The summed E-state index contributed by atoms with van der Waals surface area (Å²) in [6, 6.07) is 3.89. The molecule has 0 saturated carbocycles. The van der Waals surface area contributed by atoms with Crippen molar-refractivity contribution < 1.29 is 9.53 Å². The van der Waals surface area contributed by atoms with Gasteiger partial charge in [-0.25, -0.2) is 0 Å². The average molecular weight is 402 g/mol. The predicted molar refractivity (Wildman–Crippen MR) is 105 cm³/mol. The number of aromatic nitrogens is 3. The summed E-state index contributed by atoms with van der Waals surface area (Å²) < 4.78 is 7.11. The molecule has 1 amide bonds. The summed E-state index contributed by atoms with van der Waals surface area (Å²) in [7, 11) is 1.64. The van der Waals surface area contributed by atoms with Crippen LogP contribution < -0.4 is 10.6 Å². The lowest BCUT2D eigenvalue weighted by molar-refractivity contribution is -0.130. The molecular formula is C17H25Cl2N5O2. The van der Waals surface area contributed by atoms with Crippen LogP contribution in [0.5, 0.6) is 0 Å². The van der Waals surface area contributed by atoms with Gasteiger partial charge in [-0.3, -0.25) is 14.5 Å². The highest BCUT2D eigenvalue weighted by Crippen LogP contribution is 2.30. The van der Waals surface area contributed by atoms with Gasteiger partial charge in [0.2, 0.25) is 5.91 Å². The molecule has 0 unspecified atom stereocenters. The number of pyridine rings is 1. The summed E-state index contributed by atoms with van der Waals surface area (Å²) in [6.45, 7) is 2.74. The quantitative estimate of drug-likeness (QED) is 0.774. The van der Waals surface area contributed by atoms with E-state index in [2.05, 4.69) is 20.7 Å². The van der Waals surface area contributed by atoms with E-state index in [1.165, 1.54) is 0 Å². The highest BCUT2D eigenvalue weighted by atomic mass is 35.5. The van der Waals surface area contributed by atoms with Gasteiger partial charge in [-0.15, -0.1) is 24.8 Å². The second-order valence-electron chi connectivity index (χ2n) is 6.20. The molecule has 3 heterocycles. The van der Waals surface area contributed by atoms with E-state index in [1.807, 2.05) is 18.3 Å². The van der Waals surface area contributed by atoms with Gasteiger partial charge >= 0.3 is 0 Å². The zero-order valence-electron chi connectivity index (χ0n) is 14.7. The van der Waals surface area contributed by atoms with E-state index in [1.54, 1.807) is 30.4 Å². The van der Waals surface area contributed by atoms with E-state index < -0.39 is 5.41 Å². The van der Waals surface area contributed by atoms with Gasteiger partial charge in [-0.05, 0) is 43.6 Å². The van der Waals surface area contributed by atoms with Crippen LogP contribution in [0, 0.1) is 5.41 Å². The molecular weight excluding hydrogens is 377 g/mol. The van der Waals surface area contributed by atoms with Gasteiger partial charge in [0.15, 0.2) is 0 Å². The van der Waals surface area contributed by atoms with E-state index in [9.17, 15) is 4.79 Å². The van der Waals surface area contributed by atoms with Crippen molar-refractivity contribution >= 4 is 36.4 Å². The lowest BCUT2D eigenvalue weighted by atomic mass is 9.78. The highest BCUT2D eigenvalue weighted by Gasteiger charge is 2.39. The van der Waals surface area contributed by atoms with E-state index in [0.717, 1.165) is 31.5 Å². The van der Waals surface area contributed by atoms with Crippen LogP contribution in [0.2, 0.25) is 0 Å². The van der Waals surface area contributed by atoms with Crippen LogP contribution in [0.4, 0.5) is 5.69 Å². The molecule has 7 nitrogen and oxygen atoms in total. The maximum Gasteiger partial charge on any atom is 0.233 e. The molecule has 2 aromatic rings. The minimum atomic E-state index is -0.465. The fourth-order valence-electron chi connectivity index (χ4n) is 3.07. The number of carbonyl (C=O) groups excluding carboxylic acids is 1. The number of hydrogen-bond donors (Lipinski definition) is 2. The van der Waals surface area contributed by atoms with Gasteiger partial charge in [0.05, 0.1) is 30.5 Å². The van der Waals surface area contributed by atoms with E-state index in [0.29, 0.717) is 18.8 Å². The first kappa shape index (κ1) is 22.4. The third kappa shape index (κ3) is 5.41. The lowest BCUT2D eigenvalue weighted by Crippen LogP contribution is -2.47. The topological polar surface area (TPSA) is 81.1 Å². The summed E-state index contributed by atoms with van der Waals surface area (Å²) in [4.78, 5) is 16.8. The van der Waals surface area contributed by atoms with Crippen molar-refractivity contribution in [1.82, 2.24) is 20.1 Å². The largest absolute Gasteiger partial charge is 0.384 e. The Morgan fingerprint density at radius 1 is 1.31 bits per heavy atom.